The lowest BCUT2D eigenvalue weighted by atomic mass is 10.1. The maximum absolute atomic E-state index is 11.5. The molecule has 3 aromatic heterocycles. The van der Waals surface area contributed by atoms with Gasteiger partial charge >= 0.3 is 0 Å². The Labute approximate surface area is 165 Å². The number of thiophene rings is 2. The minimum Gasteiger partial charge on any atom is -0.368 e. The normalized spacial score (nSPS) is 11.7. The van der Waals surface area contributed by atoms with Crippen LogP contribution in [0, 0.1) is 0 Å². The summed E-state index contributed by atoms with van der Waals surface area (Å²) >= 11 is 3.16. The zero-order valence-corrected chi connectivity index (χ0v) is 17.0. The van der Waals surface area contributed by atoms with Gasteiger partial charge in [-0.05, 0) is 17.0 Å². The van der Waals surface area contributed by atoms with Crippen molar-refractivity contribution in [1.29, 1.82) is 0 Å². The molecule has 5 nitrogen and oxygen atoms in total. The first-order valence-electron chi connectivity index (χ1n) is 8.30. The van der Waals surface area contributed by atoms with Crippen molar-refractivity contribution in [2.45, 2.75) is 0 Å². The van der Waals surface area contributed by atoms with Crippen molar-refractivity contribution in [3.8, 4) is 22.5 Å². The quantitative estimate of drug-likeness (QED) is 0.500. The average Bonchev–Trinajstić information content (AvgIpc) is 3.31. The van der Waals surface area contributed by atoms with Gasteiger partial charge in [-0.1, -0.05) is 30.3 Å². The molecule has 0 saturated heterocycles. The zero-order chi connectivity index (χ0) is 18.9. The second-order valence-corrected chi connectivity index (χ2v) is 10.1. The van der Waals surface area contributed by atoms with Crippen molar-refractivity contribution in [3.63, 3.8) is 0 Å². The van der Waals surface area contributed by atoms with E-state index in [2.05, 4.69) is 22.8 Å². The molecule has 0 saturated carbocycles. The first-order chi connectivity index (χ1) is 13.0. The first kappa shape index (κ1) is 18.1. The van der Waals surface area contributed by atoms with Crippen LogP contribution in [0.25, 0.3) is 32.7 Å². The van der Waals surface area contributed by atoms with E-state index in [1.807, 2.05) is 35.0 Å². The number of aromatic nitrogens is 2. The van der Waals surface area contributed by atoms with Crippen molar-refractivity contribution in [3.05, 3.63) is 52.5 Å². The molecule has 4 aromatic rings. The largest absolute Gasteiger partial charge is 0.368 e. The van der Waals surface area contributed by atoms with Gasteiger partial charge in [0.05, 0.1) is 11.1 Å². The number of benzene rings is 1. The lowest BCUT2D eigenvalue weighted by Crippen LogP contribution is -2.15. The smallest absolute Gasteiger partial charge is 0.163 e. The number of rotatable bonds is 6. The van der Waals surface area contributed by atoms with Gasteiger partial charge in [-0.25, -0.2) is 18.4 Å². The van der Waals surface area contributed by atoms with E-state index < -0.39 is 9.84 Å². The van der Waals surface area contributed by atoms with Crippen LogP contribution in [0.3, 0.4) is 0 Å². The summed E-state index contributed by atoms with van der Waals surface area (Å²) in [4.78, 5) is 10.3. The molecular formula is C19H17N3O2S3. The van der Waals surface area contributed by atoms with Crippen LogP contribution in [0.2, 0.25) is 0 Å². The molecule has 0 amide bonds. The molecule has 8 heteroatoms. The van der Waals surface area contributed by atoms with Gasteiger partial charge in [-0.2, -0.15) is 11.3 Å². The van der Waals surface area contributed by atoms with E-state index in [0.29, 0.717) is 18.2 Å². The van der Waals surface area contributed by atoms with Crippen LogP contribution < -0.4 is 5.32 Å². The molecule has 0 aliphatic rings. The third-order valence-corrected chi connectivity index (χ3v) is 6.56. The summed E-state index contributed by atoms with van der Waals surface area (Å²) in [6.45, 7) is 0.304. The molecule has 0 radical (unpaired) electrons. The van der Waals surface area contributed by atoms with Crippen LogP contribution in [-0.2, 0) is 9.84 Å². The van der Waals surface area contributed by atoms with E-state index >= 15 is 0 Å². The minimum atomic E-state index is -3.05. The number of anilines is 1. The van der Waals surface area contributed by atoms with Gasteiger partial charge in [0.2, 0.25) is 0 Å². The molecule has 0 atom stereocenters. The lowest BCUT2D eigenvalue weighted by molar-refractivity contribution is 0.602. The van der Waals surface area contributed by atoms with E-state index in [0.717, 1.165) is 26.9 Å². The Kier molecular flexibility index (Phi) is 4.94. The summed E-state index contributed by atoms with van der Waals surface area (Å²) in [5.41, 5.74) is 3.10. The molecule has 3 heterocycles. The third kappa shape index (κ3) is 4.02. The number of fused-ring (bicyclic) bond motifs is 1. The van der Waals surface area contributed by atoms with Crippen LogP contribution in [0.15, 0.2) is 52.5 Å². The molecule has 0 aliphatic heterocycles. The molecule has 0 aliphatic carbocycles. The fourth-order valence-electron chi connectivity index (χ4n) is 2.78. The summed E-state index contributed by atoms with van der Waals surface area (Å²) in [6, 6.07) is 12.1. The summed E-state index contributed by atoms with van der Waals surface area (Å²) in [7, 11) is -3.05. The summed E-state index contributed by atoms with van der Waals surface area (Å²) in [5, 5.41) is 10.2. The summed E-state index contributed by atoms with van der Waals surface area (Å²) < 4.78 is 23.0. The number of hydrogen-bond acceptors (Lipinski definition) is 7. The Morgan fingerprint density at radius 3 is 2.56 bits per heavy atom. The minimum absolute atomic E-state index is 0.0527. The van der Waals surface area contributed by atoms with Crippen LogP contribution in [0.4, 0.5) is 5.82 Å². The highest BCUT2D eigenvalue weighted by Crippen LogP contribution is 2.38. The first-order valence-corrected chi connectivity index (χ1v) is 12.2. The Morgan fingerprint density at radius 1 is 1.04 bits per heavy atom. The van der Waals surface area contributed by atoms with Crippen LogP contribution in [-0.4, -0.2) is 36.9 Å². The lowest BCUT2D eigenvalue weighted by Gasteiger charge is -2.10. The molecule has 4 rings (SSSR count). The molecule has 27 heavy (non-hydrogen) atoms. The number of sulfone groups is 1. The number of nitrogens with one attached hydrogen (secondary N) is 1. The van der Waals surface area contributed by atoms with Crippen molar-refractivity contribution < 1.29 is 8.42 Å². The highest BCUT2D eigenvalue weighted by Gasteiger charge is 2.16. The van der Waals surface area contributed by atoms with Crippen LogP contribution in [0.1, 0.15) is 0 Å². The van der Waals surface area contributed by atoms with E-state index in [1.54, 1.807) is 22.7 Å². The molecule has 1 aromatic carbocycles. The van der Waals surface area contributed by atoms with Crippen LogP contribution >= 0.6 is 22.7 Å². The number of hydrogen-bond donors (Lipinski definition) is 1. The predicted octanol–water partition coefficient (Wildman–Crippen LogP) is 4.54. The van der Waals surface area contributed by atoms with E-state index in [1.165, 1.54) is 6.26 Å². The molecule has 0 fully saturated rings. The van der Waals surface area contributed by atoms with E-state index in [-0.39, 0.29) is 5.75 Å². The van der Waals surface area contributed by atoms with Crippen molar-refractivity contribution in [2.75, 3.05) is 23.9 Å². The Bertz CT molecular complexity index is 1170. The van der Waals surface area contributed by atoms with E-state index in [9.17, 15) is 8.42 Å². The topological polar surface area (TPSA) is 72.0 Å². The Hall–Kier alpha value is -2.29. The second kappa shape index (κ2) is 7.38. The van der Waals surface area contributed by atoms with Gasteiger partial charge in [-0.3, -0.25) is 0 Å². The molecule has 0 bridgehead atoms. The standard InChI is InChI=1S/C19H17N3O2S3/c1-27(23,24)10-8-20-18-16-15(13-5-3-2-4-6-13)12-26-19(16)22-17(21-18)14-7-9-25-11-14/h2-7,9,11-12H,8,10H2,1H3,(H,20,21,22). The fraction of sp³-hybridized carbons (Fsp3) is 0.158. The Balaban J connectivity index is 1.83. The van der Waals surface area contributed by atoms with Gasteiger partial charge in [0.1, 0.15) is 20.5 Å². The van der Waals surface area contributed by atoms with Gasteiger partial charge in [0.25, 0.3) is 0 Å². The third-order valence-electron chi connectivity index (χ3n) is 4.06. The zero-order valence-electron chi connectivity index (χ0n) is 14.5. The van der Waals surface area contributed by atoms with Crippen molar-refractivity contribution in [2.24, 2.45) is 0 Å². The molecule has 138 valence electrons. The summed E-state index contributed by atoms with van der Waals surface area (Å²) in [6.07, 6.45) is 1.24. The second-order valence-electron chi connectivity index (χ2n) is 6.16. The van der Waals surface area contributed by atoms with Crippen molar-refractivity contribution >= 4 is 48.5 Å². The van der Waals surface area contributed by atoms with Gasteiger partial charge in [0.15, 0.2) is 5.82 Å². The highest BCUT2D eigenvalue weighted by atomic mass is 32.2. The maximum atomic E-state index is 11.5. The Morgan fingerprint density at radius 2 is 1.85 bits per heavy atom. The van der Waals surface area contributed by atoms with Gasteiger partial charge < -0.3 is 5.32 Å². The van der Waals surface area contributed by atoms with Gasteiger partial charge in [-0.15, -0.1) is 11.3 Å². The average molecular weight is 416 g/mol. The molecule has 0 unspecified atom stereocenters. The van der Waals surface area contributed by atoms with Crippen LogP contribution in [0.5, 0.6) is 0 Å². The molecule has 1 N–H and O–H groups in total. The SMILES string of the molecule is CS(=O)(=O)CCNc1nc(-c2ccsc2)nc2scc(-c3ccccc3)c12. The van der Waals surface area contributed by atoms with E-state index in [4.69, 9.17) is 9.97 Å². The molecule has 0 spiro atoms. The van der Waals surface area contributed by atoms with Crippen molar-refractivity contribution in [1.82, 2.24) is 9.97 Å². The maximum Gasteiger partial charge on any atom is 0.163 e. The van der Waals surface area contributed by atoms with Gasteiger partial charge in [0, 0.05) is 34.7 Å². The predicted molar refractivity (Wildman–Crippen MR) is 114 cm³/mol. The number of nitrogens with zero attached hydrogens (tertiary/aromatic N) is 2. The monoisotopic (exact) mass is 415 g/mol. The highest BCUT2D eigenvalue weighted by molar-refractivity contribution is 7.90. The fourth-order valence-corrected chi connectivity index (χ4v) is 4.83. The summed E-state index contributed by atoms with van der Waals surface area (Å²) in [5.74, 6) is 1.37. The molecular weight excluding hydrogens is 398 g/mol.